The van der Waals surface area contributed by atoms with Crippen LogP contribution in [0.3, 0.4) is 0 Å². The van der Waals surface area contributed by atoms with E-state index in [9.17, 15) is 14.4 Å². The van der Waals surface area contributed by atoms with Gasteiger partial charge in [-0.05, 0) is 12.1 Å². The third kappa shape index (κ3) is 4.25. The average Bonchev–Trinajstić information content (AvgIpc) is 3.05. The van der Waals surface area contributed by atoms with E-state index < -0.39 is 17.6 Å². The van der Waals surface area contributed by atoms with E-state index in [-0.39, 0.29) is 24.2 Å². The van der Waals surface area contributed by atoms with Gasteiger partial charge >= 0.3 is 11.7 Å². The highest BCUT2D eigenvalue weighted by atomic mass is 35.5. The minimum Gasteiger partial charge on any atom is -0.493 e. The molecule has 0 fully saturated rings. The zero-order valence-electron chi connectivity index (χ0n) is 16.5. The molecule has 0 saturated carbocycles. The van der Waals surface area contributed by atoms with Crippen LogP contribution in [0.5, 0.6) is 11.5 Å². The smallest absolute Gasteiger partial charge is 0.419 e. The third-order valence-electron chi connectivity index (χ3n) is 4.40. The van der Waals surface area contributed by atoms with Crippen molar-refractivity contribution in [1.82, 2.24) is 4.57 Å². The predicted molar refractivity (Wildman–Crippen MR) is 110 cm³/mol. The highest BCUT2D eigenvalue weighted by Crippen LogP contribution is 2.33. The molecular weight excluding hydrogens is 416 g/mol. The minimum absolute atomic E-state index is 0.0495. The lowest BCUT2D eigenvalue weighted by atomic mass is 10.1. The number of rotatable bonds is 7. The van der Waals surface area contributed by atoms with Gasteiger partial charge in [-0.2, -0.15) is 0 Å². The summed E-state index contributed by atoms with van der Waals surface area (Å²) in [5.74, 6) is -1.04. The molecule has 30 heavy (non-hydrogen) atoms. The van der Waals surface area contributed by atoms with Crippen LogP contribution >= 0.6 is 11.6 Å². The fourth-order valence-corrected chi connectivity index (χ4v) is 3.10. The molecule has 1 heterocycles. The molecule has 10 heteroatoms. The Morgan fingerprint density at radius 1 is 1.10 bits per heavy atom. The number of amides is 1. The monoisotopic (exact) mass is 434 g/mol. The summed E-state index contributed by atoms with van der Waals surface area (Å²) in [4.78, 5) is 36.7. The number of aryl methyl sites for hydroxylation is 1. The van der Waals surface area contributed by atoms with Gasteiger partial charge in [-0.1, -0.05) is 11.6 Å². The van der Waals surface area contributed by atoms with E-state index in [1.807, 2.05) is 0 Å². The maximum absolute atomic E-state index is 12.5. The summed E-state index contributed by atoms with van der Waals surface area (Å²) in [5.41, 5.74) is 1.16. The zero-order chi connectivity index (χ0) is 21.8. The Bertz CT molecular complexity index is 1170. The van der Waals surface area contributed by atoms with Gasteiger partial charge in [0.1, 0.15) is 0 Å². The van der Waals surface area contributed by atoms with Gasteiger partial charge in [-0.25, -0.2) is 9.59 Å². The maximum Gasteiger partial charge on any atom is 0.419 e. The fraction of sp³-hybridized carbons (Fsp3) is 0.250. The third-order valence-corrected chi connectivity index (χ3v) is 4.63. The number of oxazole rings is 1. The molecule has 0 saturated heterocycles. The number of fused-ring (bicyclic) bond motifs is 1. The number of carbonyl (C=O) groups is 2. The quantitative estimate of drug-likeness (QED) is 0.569. The van der Waals surface area contributed by atoms with Crippen molar-refractivity contribution < 1.29 is 28.2 Å². The zero-order valence-corrected chi connectivity index (χ0v) is 17.2. The number of methoxy groups -OCH3 is 3. The standard InChI is InChI=1S/C20H19ClN2O7/c1-27-16-9-12(19(25)29-3)13(10-17(16)28-2)22-18(24)6-7-23-14-5-4-11(21)8-15(14)30-20(23)26/h4-5,8-10H,6-7H2,1-3H3,(H,22,24). The molecule has 1 aromatic heterocycles. The Kier molecular flexibility index (Phi) is 6.31. The topological polar surface area (TPSA) is 109 Å². The second-order valence-corrected chi connectivity index (χ2v) is 6.61. The Morgan fingerprint density at radius 2 is 1.80 bits per heavy atom. The fourth-order valence-electron chi connectivity index (χ4n) is 2.94. The molecule has 0 aliphatic heterocycles. The molecule has 0 bridgehead atoms. The molecule has 0 radical (unpaired) electrons. The molecule has 1 N–H and O–H groups in total. The van der Waals surface area contributed by atoms with Gasteiger partial charge in [-0.15, -0.1) is 0 Å². The van der Waals surface area contributed by atoms with Gasteiger partial charge in [-0.3, -0.25) is 9.36 Å². The average molecular weight is 435 g/mol. The summed E-state index contributed by atoms with van der Waals surface area (Å²) in [6, 6.07) is 7.68. The minimum atomic E-state index is -0.653. The Hall–Kier alpha value is -3.46. The number of nitrogens with one attached hydrogen (secondary N) is 1. The van der Waals surface area contributed by atoms with Gasteiger partial charge in [0.15, 0.2) is 17.1 Å². The first-order valence-electron chi connectivity index (χ1n) is 8.81. The van der Waals surface area contributed by atoms with Crippen molar-refractivity contribution in [1.29, 1.82) is 0 Å². The van der Waals surface area contributed by atoms with Crippen LogP contribution < -0.4 is 20.5 Å². The van der Waals surface area contributed by atoms with Crippen LogP contribution in [0.1, 0.15) is 16.8 Å². The molecule has 0 spiro atoms. The highest BCUT2D eigenvalue weighted by molar-refractivity contribution is 6.31. The Labute approximate surface area is 176 Å². The molecule has 3 rings (SSSR count). The van der Waals surface area contributed by atoms with Gasteiger partial charge < -0.3 is 23.9 Å². The number of ether oxygens (including phenoxy) is 3. The van der Waals surface area contributed by atoms with Crippen LogP contribution in [0.4, 0.5) is 5.69 Å². The number of aromatic nitrogens is 1. The SMILES string of the molecule is COC(=O)c1cc(OC)c(OC)cc1NC(=O)CCn1c(=O)oc2cc(Cl)ccc21. The van der Waals surface area contributed by atoms with Crippen molar-refractivity contribution in [3.63, 3.8) is 0 Å². The first-order valence-corrected chi connectivity index (χ1v) is 9.18. The second-order valence-electron chi connectivity index (χ2n) is 6.17. The molecule has 3 aromatic rings. The molecular formula is C20H19ClN2O7. The lowest BCUT2D eigenvalue weighted by molar-refractivity contribution is -0.116. The molecule has 0 atom stereocenters. The van der Waals surface area contributed by atoms with E-state index in [4.69, 9.17) is 30.2 Å². The first kappa shape index (κ1) is 21.3. The van der Waals surface area contributed by atoms with Gasteiger partial charge in [0.2, 0.25) is 5.91 Å². The number of anilines is 1. The van der Waals surface area contributed by atoms with Crippen molar-refractivity contribution in [2.45, 2.75) is 13.0 Å². The summed E-state index contributed by atoms with van der Waals surface area (Å²) in [6.45, 7) is 0.0696. The van der Waals surface area contributed by atoms with E-state index in [1.165, 1.54) is 44.1 Å². The molecule has 9 nitrogen and oxygen atoms in total. The Balaban J connectivity index is 1.82. The highest BCUT2D eigenvalue weighted by Gasteiger charge is 2.19. The number of carbonyl (C=O) groups excluding carboxylic acids is 2. The molecule has 2 aromatic carbocycles. The van der Waals surface area contributed by atoms with E-state index >= 15 is 0 Å². The van der Waals surface area contributed by atoms with Crippen molar-refractivity contribution in [3.05, 3.63) is 51.5 Å². The van der Waals surface area contributed by atoms with Gasteiger partial charge in [0.25, 0.3) is 0 Å². The van der Waals surface area contributed by atoms with Gasteiger partial charge in [0.05, 0.1) is 38.1 Å². The van der Waals surface area contributed by atoms with Crippen LogP contribution in [0, 0.1) is 0 Å². The summed E-state index contributed by atoms with van der Waals surface area (Å²) in [7, 11) is 4.09. The number of halogens is 1. The predicted octanol–water partition coefficient (Wildman–Crippen LogP) is 3.08. The molecule has 0 aliphatic carbocycles. The van der Waals surface area contributed by atoms with Crippen LogP contribution in [0.15, 0.2) is 39.5 Å². The lowest BCUT2D eigenvalue weighted by Gasteiger charge is -2.14. The summed E-state index contributed by atoms with van der Waals surface area (Å²) in [5, 5.41) is 3.08. The summed E-state index contributed by atoms with van der Waals surface area (Å²) in [6.07, 6.45) is -0.0495. The van der Waals surface area contributed by atoms with Crippen molar-refractivity contribution in [3.8, 4) is 11.5 Å². The summed E-state index contributed by atoms with van der Waals surface area (Å²) < 4.78 is 21.7. The lowest BCUT2D eigenvalue weighted by Crippen LogP contribution is -2.21. The van der Waals surface area contributed by atoms with Crippen molar-refractivity contribution in [2.75, 3.05) is 26.6 Å². The van der Waals surface area contributed by atoms with E-state index in [0.29, 0.717) is 27.6 Å². The van der Waals surface area contributed by atoms with Crippen LogP contribution in [0.25, 0.3) is 11.1 Å². The van der Waals surface area contributed by atoms with E-state index in [2.05, 4.69) is 5.32 Å². The number of nitrogens with zero attached hydrogens (tertiary/aromatic N) is 1. The summed E-state index contributed by atoms with van der Waals surface area (Å²) >= 11 is 5.90. The maximum atomic E-state index is 12.5. The first-order chi connectivity index (χ1) is 14.4. The molecule has 1 amide bonds. The normalized spacial score (nSPS) is 10.7. The van der Waals surface area contributed by atoms with Crippen molar-refractivity contribution in [2.24, 2.45) is 0 Å². The van der Waals surface area contributed by atoms with E-state index in [1.54, 1.807) is 12.1 Å². The van der Waals surface area contributed by atoms with Crippen LogP contribution in [-0.4, -0.2) is 37.8 Å². The van der Waals surface area contributed by atoms with Gasteiger partial charge in [0, 0.05) is 36.2 Å². The number of hydrogen-bond acceptors (Lipinski definition) is 7. The van der Waals surface area contributed by atoms with E-state index in [0.717, 1.165) is 0 Å². The molecule has 158 valence electrons. The van der Waals surface area contributed by atoms with Crippen LogP contribution in [-0.2, 0) is 16.1 Å². The number of hydrogen-bond donors (Lipinski definition) is 1. The number of benzene rings is 2. The largest absolute Gasteiger partial charge is 0.493 e. The molecule has 0 unspecified atom stereocenters. The van der Waals surface area contributed by atoms with Crippen molar-refractivity contribution >= 4 is 40.3 Å². The number of esters is 1. The second kappa shape index (κ2) is 8.91. The van der Waals surface area contributed by atoms with Crippen LogP contribution in [0.2, 0.25) is 5.02 Å². The Morgan fingerprint density at radius 3 is 2.47 bits per heavy atom. The molecule has 0 aliphatic rings.